The molecule has 0 saturated heterocycles. The number of nitrogens with zero attached hydrogens (tertiary/aromatic N) is 4. The highest BCUT2D eigenvalue weighted by molar-refractivity contribution is 7.99. The Balaban J connectivity index is 1.55. The van der Waals surface area contributed by atoms with Crippen molar-refractivity contribution in [3.05, 3.63) is 81.2 Å². The number of amides is 1. The first-order valence-electron chi connectivity index (χ1n) is 8.94. The topological polar surface area (TPSA) is 103 Å². The molecule has 0 spiro atoms. The number of thiophene rings is 1. The van der Waals surface area contributed by atoms with Crippen LogP contribution >= 0.6 is 34.7 Å². The first-order valence-corrected chi connectivity index (χ1v) is 11.2. The number of nitro groups is 1. The minimum absolute atomic E-state index is 0.0223. The van der Waals surface area contributed by atoms with Gasteiger partial charge in [-0.25, -0.2) is 0 Å². The molecule has 0 aliphatic heterocycles. The third-order valence-corrected chi connectivity index (χ3v) is 6.28. The van der Waals surface area contributed by atoms with Gasteiger partial charge in [-0.3, -0.25) is 19.5 Å². The van der Waals surface area contributed by atoms with Crippen molar-refractivity contribution in [1.82, 2.24) is 14.8 Å². The lowest BCUT2D eigenvalue weighted by Crippen LogP contribution is -2.15. The average Bonchev–Trinajstić information content (AvgIpc) is 3.44. The Morgan fingerprint density at radius 1 is 1.16 bits per heavy atom. The molecule has 0 unspecified atom stereocenters. The van der Waals surface area contributed by atoms with Gasteiger partial charge in [-0.15, -0.1) is 21.5 Å². The number of non-ortho nitro benzene ring substituents is 1. The molecule has 2 aromatic carbocycles. The fourth-order valence-corrected chi connectivity index (χ4v) is 4.39. The maximum Gasteiger partial charge on any atom is 0.271 e. The van der Waals surface area contributed by atoms with E-state index in [1.165, 1.54) is 30.0 Å². The summed E-state index contributed by atoms with van der Waals surface area (Å²) >= 11 is 8.82. The smallest absolute Gasteiger partial charge is 0.271 e. The molecule has 2 heterocycles. The maximum absolute atomic E-state index is 12.5. The van der Waals surface area contributed by atoms with E-state index in [0.29, 0.717) is 11.0 Å². The summed E-state index contributed by atoms with van der Waals surface area (Å²) in [5.41, 5.74) is 0.905. The number of aromatic nitrogens is 3. The molecule has 31 heavy (non-hydrogen) atoms. The Kier molecular flexibility index (Phi) is 6.31. The number of halogens is 1. The highest BCUT2D eigenvalue weighted by Gasteiger charge is 2.18. The fourth-order valence-electron chi connectivity index (χ4n) is 2.78. The summed E-state index contributed by atoms with van der Waals surface area (Å²) in [6, 6.07) is 17.4. The van der Waals surface area contributed by atoms with E-state index in [0.717, 1.165) is 10.6 Å². The lowest BCUT2D eigenvalue weighted by atomic mass is 10.3. The summed E-state index contributed by atoms with van der Waals surface area (Å²) in [5.74, 6) is 0.340. The molecule has 156 valence electrons. The molecule has 0 aliphatic rings. The molecule has 0 fully saturated rings. The lowest BCUT2D eigenvalue weighted by Gasteiger charge is -2.10. The first-order chi connectivity index (χ1) is 15.0. The summed E-state index contributed by atoms with van der Waals surface area (Å²) in [5, 5.41) is 24.9. The molecule has 0 aliphatic carbocycles. The largest absolute Gasteiger partial charge is 0.324 e. The van der Waals surface area contributed by atoms with Crippen LogP contribution in [0.2, 0.25) is 5.02 Å². The fraction of sp³-hybridized carbons (Fsp3) is 0.0500. The highest BCUT2D eigenvalue weighted by Crippen LogP contribution is 2.31. The molecule has 0 bridgehead atoms. The minimum Gasteiger partial charge on any atom is -0.324 e. The molecule has 11 heteroatoms. The Bertz CT molecular complexity index is 1230. The number of carbonyl (C=O) groups excluding carboxylic acids is 1. The van der Waals surface area contributed by atoms with Gasteiger partial charge in [-0.05, 0) is 29.6 Å². The van der Waals surface area contributed by atoms with E-state index in [1.54, 1.807) is 11.3 Å². The van der Waals surface area contributed by atoms with Crippen molar-refractivity contribution in [1.29, 1.82) is 0 Å². The van der Waals surface area contributed by atoms with Crippen molar-refractivity contribution < 1.29 is 9.72 Å². The summed E-state index contributed by atoms with van der Waals surface area (Å²) in [4.78, 5) is 23.9. The molecular weight excluding hydrogens is 458 g/mol. The van der Waals surface area contributed by atoms with Crippen molar-refractivity contribution in [3.8, 4) is 16.4 Å². The summed E-state index contributed by atoms with van der Waals surface area (Å²) in [6.07, 6.45) is 0. The van der Waals surface area contributed by atoms with Crippen molar-refractivity contribution >= 4 is 52.0 Å². The van der Waals surface area contributed by atoms with Crippen LogP contribution in [-0.4, -0.2) is 31.3 Å². The van der Waals surface area contributed by atoms with Crippen LogP contribution in [0.5, 0.6) is 0 Å². The van der Waals surface area contributed by atoms with Crippen LogP contribution in [-0.2, 0) is 4.79 Å². The third-order valence-electron chi connectivity index (χ3n) is 4.16. The number of hydrogen-bond donors (Lipinski definition) is 1. The molecule has 2 aromatic heterocycles. The zero-order valence-corrected chi connectivity index (χ0v) is 18.2. The molecule has 8 nitrogen and oxygen atoms in total. The van der Waals surface area contributed by atoms with Crippen LogP contribution in [0.4, 0.5) is 11.4 Å². The Labute approximate surface area is 190 Å². The van der Waals surface area contributed by atoms with Crippen molar-refractivity contribution in [2.24, 2.45) is 0 Å². The van der Waals surface area contributed by atoms with Gasteiger partial charge in [0.05, 0.1) is 26.3 Å². The van der Waals surface area contributed by atoms with E-state index in [-0.39, 0.29) is 28.1 Å². The van der Waals surface area contributed by atoms with Crippen LogP contribution < -0.4 is 5.32 Å². The highest BCUT2D eigenvalue weighted by atomic mass is 35.5. The van der Waals surface area contributed by atoms with Crippen molar-refractivity contribution in [2.75, 3.05) is 11.1 Å². The SMILES string of the molecule is O=C(CSc1nnc(-c2cccs2)n1-c1ccccc1)Nc1cc([N+](=O)[O-])ccc1Cl. The number of para-hydroxylation sites is 1. The molecular formula is C20H14ClN5O3S2. The number of benzene rings is 2. The second-order valence-corrected chi connectivity index (χ2v) is 8.51. The van der Waals surface area contributed by atoms with E-state index in [4.69, 9.17) is 11.6 Å². The van der Waals surface area contributed by atoms with E-state index in [1.807, 2.05) is 52.4 Å². The van der Waals surface area contributed by atoms with E-state index >= 15 is 0 Å². The second kappa shape index (κ2) is 9.29. The van der Waals surface area contributed by atoms with E-state index in [2.05, 4.69) is 15.5 Å². The third kappa shape index (κ3) is 4.76. The summed E-state index contributed by atoms with van der Waals surface area (Å²) in [7, 11) is 0. The molecule has 1 N–H and O–H groups in total. The number of rotatable bonds is 7. The van der Waals surface area contributed by atoms with Crippen molar-refractivity contribution in [2.45, 2.75) is 5.16 Å². The Hall–Kier alpha value is -3.21. The quantitative estimate of drug-likeness (QED) is 0.223. The number of carbonyl (C=O) groups is 1. The predicted molar refractivity (Wildman–Crippen MR) is 122 cm³/mol. The normalized spacial score (nSPS) is 10.7. The maximum atomic E-state index is 12.5. The van der Waals surface area contributed by atoms with Gasteiger partial charge >= 0.3 is 0 Å². The minimum atomic E-state index is -0.546. The van der Waals surface area contributed by atoms with Gasteiger partial charge in [0, 0.05) is 17.8 Å². The van der Waals surface area contributed by atoms with E-state index in [9.17, 15) is 14.9 Å². The zero-order valence-electron chi connectivity index (χ0n) is 15.8. The van der Waals surface area contributed by atoms with Gasteiger partial charge < -0.3 is 5.32 Å². The van der Waals surface area contributed by atoms with Crippen LogP contribution in [0.15, 0.2) is 71.2 Å². The summed E-state index contributed by atoms with van der Waals surface area (Å²) in [6.45, 7) is 0. The van der Waals surface area contributed by atoms with Crippen LogP contribution in [0.1, 0.15) is 0 Å². The number of nitro benzene ring substituents is 1. The number of anilines is 1. The summed E-state index contributed by atoms with van der Waals surface area (Å²) < 4.78 is 1.89. The molecule has 1 amide bonds. The van der Waals surface area contributed by atoms with Crippen LogP contribution in [0.3, 0.4) is 0 Å². The monoisotopic (exact) mass is 471 g/mol. The van der Waals surface area contributed by atoms with Gasteiger partial charge in [0.1, 0.15) is 0 Å². The Morgan fingerprint density at radius 3 is 2.68 bits per heavy atom. The average molecular weight is 472 g/mol. The second-order valence-electron chi connectivity index (χ2n) is 6.21. The molecule has 4 rings (SSSR count). The van der Waals surface area contributed by atoms with Gasteiger partial charge in [-0.1, -0.05) is 47.6 Å². The predicted octanol–water partition coefficient (Wildman–Crippen LogP) is 5.29. The van der Waals surface area contributed by atoms with Gasteiger partial charge in [-0.2, -0.15) is 0 Å². The lowest BCUT2D eigenvalue weighted by molar-refractivity contribution is -0.384. The number of nitrogens with one attached hydrogen (secondary N) is 1. The molecule has 0 saturated carbocycles. The first kappa shape index (κ1) is 21.0. The molecule has 0 atom stereocenters. The molecule has 0 radical (unpaired) electrons. The van der Waals surface area contributed by atoms with Gasteiger partial charge in [0.15, 0.2) is 11.0 Å². The Morgan fingerprint density at radius 2 is 1.97 bits per heavy atom. The van der Waals surface area contributed by atoms with Crippen LogP contribution in [0.25, 0.3) is 16.4 Å². The van der Waals surface area contributed by atoms with Crippen molar-refractivity contribution in [3.63, 3.8) is 0 Å². The zero-order chi connectivity index (χ0) is 21.8. The van der Waals surface area contributed by atoms with Crippen LogP contribution in [0, 0.1) is 10.1 Å². The van der Waals surface area contributed by atoms with Gasteiger partial charge in [0.2, 0.25) is 5.91 Å². The standard InChI is InChI=1S/C20H14ClN5O3S2/c21-15-9-8-14(26(28)29)11-16(15)22-18(27)12-31-20-24-23-19(17-7-4-10-30-17)25(20)13-5-2-1-3-6-13/h1-11H,12H2,(H,22,27). The van der Waals surface area contributed by atoms with Gasteiger partial charge in [0.25, 0.3) is 5.69 Å². The number of hydrogen-bond acceptors (Lipinski definition) is 7. The molecule has 4 aromatic rings. The van der Waals surface area contributed by atoms with E-state index < -0.39 is 4.92 Å². The number of thioether (sulfide) groups is 1.